The smallest absolute Gasteiger partial charge is 0.350 e. The Hall–Kier alpha value is -1.63. The summed E-state index contributed by atoms with van der Waals surface area (Å²) in [7, 11) is 0. The fourth-order valence-corrected chi connectivity index (χ4v) is 5.57. The molecule has 3 heterocycles. The summed E-state index contributed by atoms with van der Waals surface area (Å²) < 4.78 is 5.29. The molecular formula is C22H28ClN3O2S. The second kappa shape index (κ2) is 9.45. The highest BCUT2D eigenvalue weighted by Gasteiger charge is 2.29. The molecule has 2 aromatic rings. The van der Waals surface area contributed by atoms with Crippen LogP contribution in [0.4, 0.5) is 5.13 Å². The lowest BCUT2D eigenvalue weighted by molar-refractivity contribution is 0.0532. The Balaban J connectivity index is 1.54. The quantitative estimate of drug-likeness (QED) is 0.614. The van der Waals surface area contributed by atoms with Gasteiger partial charge in [-0.2, -0.15) is 0 Å². The van der Waals surface area contributed by atoms with Gasteiger partial charge in [0.15, 0.2) is 5.13 Å². The zero-order valence-corrected chi connectivity index (χ0v) is 18.5. The monoisotopic (exact) mass is 433 g/mol. The lowest BCUT2D eigenvalue weighted by atomic mass is 10.0. The zero-order chi connectivity index (χ0) is 20.2. The van der Waals surface area contributed by atoms with Gasteiger partial charge < -0.3 is 14.5 Å². The van der Waals surface area contributed by atoms with Crippen molar-refractivity contribution in [2.45, 2.75) is 45.1 Å². The third-order valence-electron chi connectivity index (χ3n) is 5.85. The molecule has 5 nitrogen and oxygen atoms in total. The first-order chi connectivity index (χ1) is 14.2. The second-order valence-electron chi connectivity index (χ2n) is 7.69. The summed E-state index contributed by atoms with van der Waals surface area (Å²) >= 11 is 7.83. The largest absolute Gasteiger partial charge is 0.462 e. The molecule has 0 N–H and O–H groups in total. The number of aromatic nitrogens is 1. The minimum atomic E-state index is -0.325. The summed E-state index contributed by atoms with van der Waals surface area (Å²) in [5.74, 6) is -0.325. The van der Waals surface area contributed by atoms with Gasteiger partial charge in [0.25, 0.3) is 0 Å². The Bertz CT molecular complexity index is 842. The lowest BCUT2D eigenvalue weighted by Gasteiger charge is -2.40. The maximum Gasteiger partial charge on any atom is 0.350 e. The Morgan fingerprint density at radius 2 is 1.90 bits per heavy atom. The van der Waals surface area contributed by atoms with Gasteiger partial charge in [-0.15, -0.1) is 0 Å². The fourth-order valence-electron chi connectivity index (χ4n) is 4.32. The summed E-state index contributed by atoms with van der Waals surface area (Å²) in [5.41, 5.74) is 1.41. The van der Waals surface area contributed by atoms with Gasteiger partial charge in [0.05, 0.1) is 17.3 Å². The predicted molar refractivity (Wildman–Crippen MR) is 119 cm³/mol. The van der Waals surface area contributed by atoms with Crippen LogP contribution < -0.4 is 4.90 Å². The van der Waals surface area contributed by atoms with Crippen LogP contribution in [0.15, 0.2) is 24.3 Å². The average Bonchev–Trinajstić information content (AvgIpc) is 3.20. The number of thiazole rings is 1. The predicted octanol–water partition coefficient (Wildman–Crippen LogP) is 5.09. The van der Waals surface area contributed by atoms with Gasteiger partial charge in [0.1, 0.15) is 4.88 Å². The molecule has 156 valence electrons. The molecule has 1 aromatic heterocycles. The molecule has 0 saturated carbocycles. The molecule has 0 amide bonds. The maximum absolute atomic E-state index is 12.6. The van der Waals surface area contributed by atoms with E-state index in [-0.39, 0.29) is 5.97 Å². The van der Waals surface area contributed by atoms with Crippen molar-refractivity contribution < 1.29 is 9.53 Å². The molecule has 2 aliphatic heterocycles. The van der Waals surface area contributed by atoms with Crippen LogP contribution in [0.5, 0.6) is 0 Å². The van der Waals surface area contributed by atoms with Crippen LogP contribution in [-0.2, 0) is 4.74 Å². The van der Waals surface area contributed by atoms with E-state index < -0.39 is 0 Å². The standard InChI is InChI=1S/C22H28ClN3O2S/c1-2-28-21(27)20-19(17-8-4-5-9-18(17)23)24-22(29-20)26-14-10-16(11-15-26)25-12-6-3-7-13-25/h4-5,8-9,16H,2-3,6-7,10-15H2,1H3. The van der Waals surface area contributed by atoms with E-state index in [2.05, 4.69) is 9.80 Å². The van der Waals surface area contributed by atoms with E-state index in [0.29, 0.717) is 28.2 Å². The van der Waals surface area contributed by atoms with Crippen LogP contribution in [0.2, 0.25) is 5.02 Å². The first kappa shape index (κ1) is 20.6. The molecule has 2 saturated heterocycles. The molecule has 2 fully saturated rings. The normalized spacial score (nSPS) is 18.8. The van der Waals surface area contributed by atoms with E-state index in [1.165, 1.54) is 43.7 Å². The number of likely N-dealkylation sites (tertiary alicyclic amines) is 1. The molecule has 0 radical (unpaired) electrons. The maximum atomic E-state index is 12.6. The van der Waals surface area contributed by atoms with Gasteiger partial charge in [0.2, 0.25) is 0 Å². The SMILES string of the molecule is CCOC(=O)c1sc(N2CCC(N3CCCCC3)CC2)nc1-c1ccccc1Cl. The van der Waals surface area contributed by atoms with Crippen LogP contribution in [0.1, 0.15) is 48.7 Å². The van der Waals surface area contributed by atoms with E-state index in [0.717, 1.165) is 36.6 Å². The lowest BCUT2D eigenvalue weighted by Crippen LogP contribution is -2.46. The number of benzene rings is 1. The van der Waals surface area contributed by atoms with E-state index >= 15 is 0 Å². The molecule has 0 spiro atoms. The highest BCUT2D eigenvalue weighted by Crippen LogP contribution is 2.38. The molecule has 4 rings (SSSR count). The first-order valence-electron chi connectivity index (χ1n) is 10.6. The van der Waals surface area contributed by atoms with Crippen LogP contribution >= 0.6 is 22.9 Å². The number of halogens is 1. The number of piperidine rings is 2. The molecule has 29 heavy (non-hydrogen) atoms. The minimum Gasteiger partial charge on any atom is -0.462 e. The van der Waals surface area contributed by atoms with E-state index in [1.54, 1.807) is 0 Å². The molecule has 7 heteroatoms. The molecule has 1 aromatic carbocycles. The average molecular weight is 434 g/mol. The van der Waals surface area contributed by atoms with Gasteiger partial charge >= 0.3 is 5.97 Å². The third kappa shape index (κ3) is 4.60. The number of rotatable bonds is 5. The number of nitrogens with zero attached hydrogens (tertiary/aromatic N) is 3. The van der Waals surface area contributed by atoms with Crippen molar-refractivity contribution in [2.75, 3.05) is 37.7 Å². The van der Waals surface area contributed by atoms with Crippen LogP contribution in [0.25, 0.3) is 11.3 Å². The van der Waals surface area contributed by atoms with Gasteiger partial charge in [0, 0.05) is 24.7 Å². The van der Waals surface area contributed by atoms with Crippen molar-refractivity contribution in [3.63, 3.8) is 0 Å². The van der Waals surface area contributed by atoms with Crippen LogP contribution in [0, 0.1) is 0 Å². The Labute approximate surface area is 181 Å². The van der Waals surface area contributed by atoms with Crippen molar-refractivity contribution in [2.24, 2.45) is 0 Å². The summed E-state index contributed by atoms with van der Waals surface area (Å²) in [6, 6.07) is 8.22. The molecule has 0 atom stereocenters. The van der Waals surface area contributed by atoms with Crippen molar-refractivity contribution >= 4 is 34.0 Å². The Morgan fingerprint density at radius 3 is 2.59 bits per heavy atom. The Morgan fingerprint density at radius 1 is 1.17 bits per heavy atom. The van der Waals surface area contributed by atoms with Crippen molar-refractivity contribution in [3.8, 4) is 11.3 Å². The fraction of sp³-hybridized carbons (Fsp3) is 0.545. The summed E-state index contributed by atoms with van der Waals surface area (Å²) in [4.78, 5) is 23.0. The van der Waals surface area contributed by atoms with Gasteiger partial charge in [-0.25, -0.2) is 9.78 Å². The number of ether oxygens (including phenoxy) is 1. The second-order valence-corrected chi connectivity index (χ2v) is 9.07. The van der Waals surface area contributed by atoms with E-state index in [4.69, 9.17) is 21.3 Å². The first-order valence-corrected chi connectivity index (χ1v) is 11.8. The van der Waals surface area contributed by atoms with Gasteiger partial charge in [-0.1, -0.05) is 47.6 Å². The molecule has 2 aliphatic rings. The number of hydrogen-bond acceptors (Lipinski definition) is 6. The topological polar surface area (TPSA) is 45.7 Å². The van der Waals surface area contributed by atoms with E-state index in [1.807, 2.05) is 31.2 Å². The van der Waals surface area contributed by atoms with Crippen molar-refractivity contribution in [1.82, 2.24) is 9.88 Å². The highest BCUT2D eigenvalue weighted by molar-refractivity contribution is 7.18. The van der Waals surface area contributed by atoms with Gasteiger partial charge in [-0.3, -0.25) is 0 Å². The number of carbonyl (C=O) groups excluding carboxylic acids is 1. The van der Waals surface area contributed by atoms with Gasteiger partial charge in [-0.05, 0) is 51.8 Å². The number of anilines is 1. The summed E-state index contributed by atoms with van der Waals surface area (Å²) in [5, 5.41) is 1.48. The highest BCUT2D eigenvalue weighted by atomic mass is 35.5. The number of esters is 1. The van der Waals surface area contributed by atoms with Crippen LogP contribution in [0.3, 0.4) is 0 Å². The minimum absolute atomic E-state index is 0.325. The molecule has 0 aliphatic carbocycles. The van der Waals surface area contributed by atoms with Crippen molar-refractivity contribution in [1.29, 1.82) is 0 Å². The molecule has 0 bridgehead atoms. The Kier molecular flexibility index (Phi) is 6.73. The van der Waals surface area contributed by atoms with Crippen molar-refractivity contribution in [3.05, 3.63) is 34.2 Å². The number of hydrogen-bond donors (Lipinski definition) is 0. The number of carbonyl (C=O) groups is 1. The van der Waals surface area contributed by atoms with Crippen LogP contribution in [-0.4, -0.2) is 54.7 Å². The zero-order valence-electron chi connectivity index (χ0n) is 16.9. The molecular weight excluding hydrogens is 406 g/mol. The molecule has 0 unspecified atom stereocenters. The summed E-state index contributed by atoms with van der Waals surface area (Å²) in [6.07, 6.45) is 6.33. The third-order valence-corrected chi connectivity index (χ3v) is 7.27. The van der Waals surface area contributed by atoms with E-state index in [9.17, 15) is 4.79 Å². The summed E-state index contributed by atoms with van der Waals surface area (Å²) in [6.45, 7) is 6.59.